The monoisotopic (exact) mass is 187 g/mol. The SMILES string of the molecule is NCc1c(C2CC2)nc2ccccn12. The average molecular weight is 187 g/mol. The Labute approximate surface area is 82.6 Å². The number of nitrogens with zero attached hydrogens (tertiary/aromatic N) is 2. The van der Waals surface area contributed by atoms with E-state index >= 15 is 0 Å². The predicted octanol–water partition coefficient (Wildman–Crippen LogP) is 1.67. The van der Waals surface area contributed by atoms with Gasteiger partial charge >= 0.3 is 0 Å². The second-order valence-corrected chi connectivity index (χ2v) is 3.85. The summed E-state index contributed by atoms with van der Waals surface area (Å²) < 4.78 is 2.10. The van der Waals surface area contributed by atoms with Gasteiger partial charge in [0.1, 0.15) is 5.65 Å². The van der Waals surface area contributed by atoms with E-state index in [0.717, 1.165) is 5.65 Å². The molecule has 3 rings (SSSR count). The number of imidazole rings is 1. The minimum Gasteiger partial charge on any atom is -0.325 e. The van der Waals surface area contributed by atoms with Crippen LogP contribution in [0.5, 0.6) is 0 Å². The summed E-state index contributed by atoms with van der Waals surface area (Å²) in [5.41, 5.74) is 9.19. The summed E-state index contributed by atoms with van der Waals surface area (Å²) in [5.74, 6) is 0.674. The fourth-order valence-corrected chi connectivity index (χ4v) is 1.95. The minimum absolute atomic E-state index is 0.580. The van der Waals surface area contributed by atoms with Gasteiger partial charge in [-0.2, -0.15) is 0 Å². The van der Waals surface area contributed by atoms with Gasteiger partial charge in [-0.1, -0.05) is 6.07 Å². The van der Waals surface area contributed by atoms with Crippen LogP contribution in [-0.2, 0) is 6.54 Å². The van der Waals surface area contributed by atoms with Crippen LogP contribution >= 0.6 is 0 Å². The molecule has 0 atom stereocenters. The Kier molecular flexibility index (Phi) is 1.61. The highest BCUT2D eigenvalue weighted by Gasteiger charge is 2.29. The summed E-state index contributed by atoms with van der Waals surface area (Å²) in [6.45, 7) is 0.580. The standard InChI is InChI=1S/C11H13N3/c12-7-9-11(8-4-5-8)13-10-3-1-2-6-14(9)10/h1-3,6,8H,4-5,7,12H2. The maximum Gasteiger partial charge on any atom is 0.137 e. The Morgan fingerprint density at radius 1 is 1.43 bits per heavy atom. The number of aromatic nitrogens is 2. The summed E-state index contributed by atoms with van der Waals surface area (Å²) in [6, 6.07) is 6.06. The topological polar surface area (TPSA) is 43.3 Å². The van der Waals surface area contributed by atoms with Crippen LogP contribution in [0.4, 0.5) is 0 Å². The van der Waals surface area contributed by atoms with E-state index in [0.29, 0.717) is 12.5 Å². The van der Waals surface area contributed by atoms with Crippen LogP contribution in [0.3, 0.4) is 0 Å². The molecule has 0 aromatic carbocycles. The van der Waals surface area contributed by atoms with Gasteiger partial charge in [0, 0.05) is 18.7 Å². The van der Waals surface area contributed by atoms with Crippen LogP contribution < -0.4 is 5.73 Å². The lowest BCUT2D eigenvalue weighted by Crippen LogP contribution is -2.03. The van der Waals surface area contributed by atoms with Crippen molar-refractivity contribution in [3.63, 3.8) is 0 Å². The molecule has 0 radical (unpaired) electrons. The van der Waals surface area contributed by atoms with Gasteiger partial charge in [0.05, 0.1) is 11.4 Å². The number of fused-ring (bicyclic) bond motifs is 1. The first-order valence-corrected chi connectivity index (χ1v) is 5.06. The highest BCUT2D eigenvalue weighted by Crippen LogP contribution is 2.41. The van der Waals surface area contributed by atoms with Crippen LogP contribution in [0.25, 0.3) is 5.65 Å². The van der Waals surface area contributed by atoms with E-state index in [1.54, 1.807) is 0 Å². The molecule has 2 aromatic heterocycles. The van der Waals surface area contributed by atoms with E-state index in [-0.39, 0.29) is 0 Å². The van der Waals surface area contributed by atoms with Crippen LogP contribution in [0.15, 0.2) is 24.4 Å². The average Bonchev–Trinajstić information content (AvgIpc) is 2.99. The summed E-state index contributed by atoms with van der Waals surface area (Å²) in [7, 11) is 0. The smallest absolute Gasteiger partial charge is 0.137 e. The van der Waals surface area contributed by atoms with E-state index < -0.39 is 0 Å². The Bertz CT molecular complexity index is 468. The molecule has 1 fully saturated rings. The number of pyridine rings is 1. The molecule has 0 spiro atoms. The lowest BCUT2D eigenvalue weighted by Gasteiger charge is -1.99. The number of rotatable bonds is 2. The zero-order chi connectivity index (χ0) is 9.54. The molecule has 0 saturated heterocycles. The molecule has 0 aliphatic heterocycles. The third-order valence-corrected chi connectivity index (χ3v) is 2.82. The van der Waals surface area contributed by atoms with Gasteiger partial charge in [-0.15, -0.1) is 0 Å². The van der Waals surface area contributed by atoms with Crippen LogP contribution in [0.2, 0.25) is 0 Å². The Morgan fingerprint density at radius 3 is 3.00 bits per heavy atom. The molecule has 1 aliphatic carbocycles. The molecule has 0 amide bonds. The van der Waals surface area contributed by atoms with Crippen molar-refractivity contribution in [3.05, 3.63) is 35.8 Å². The largest absolute Gasteiger partial charge is 0.325 e. The first kappa shape index (κ1) is 8.00. The first-order valence-electron chi connectivity index (χ1n) is 5.06. The van der Waals surface area contributed by atoms with Crippen molar-refractivity contribution in [1.82, 2.24) is 9.38 Å². The van der Waals surface area contributed by atoms with Crippen molar-refractivity contribution in [1.29, 1.82) is 0 Å². The second-order valence-electron chi connectivity index (χ2n) is 3.85. The third kappa shape index (κ3) is 1.06. The number of hydrogen-bond acceptors (Lipinski definition) is 2. The van der Waals surface area contributed by atoms with E-state index in [1.165, 1.54) is 24.2 Å². The molecule has 1 saturated carbocycles. The van der Waals surface area contributed by atoms with Crippen molar-refractivity contribution in [2.75, 3.05) is 0 Å². The lowest BCUT2D eigenvalue weighted by molar-refractivity contribution is 0.911. The van der Waals surface area contributed by atoms with Gasteiger partial charge in [0.2, 0.25) is 0 Å². The lowest BCUT2D eigenvalue weighted by atomic mass is 10.2. The molecule has 3 nitrogen and oxygen atoms in total. The highest BCUT2D eigenvalue weighted by atomic mass is 15.0. The zero-order valence-electron chi connectivity index (χ0n) is 7.98. The Hall–Kier alpha value is -1.35. The van der Waals surface area contributed by atoms with Crippen molar-refractivity contribution in [3.8, 4) is 0 Å². The van der Waals surface area contributed by atoms with Gasteiger partial charge in [0.25, 0.3) is 0 Å². The molecule has 2 N–H and O–H groups in total. The molecular formula is C11H13N3. The zero-order valence-corrected chi connectivity index (χ0v) is 7.98. The highest BCUT2D eigenvalue weighted by molar-refractivity contribution is 5.44. The summed E-state index contributed by atoms with van der Waals surface area (Å²) in [6.07, 6.45) is 4.59. The number of nitrogens with two attached hydrogens (primary N) is 1. The van der Waals surface area contributed by atoms with Crippen molar-refractivity contribution in [2.45, 2.75) is 25.3 Å². The van der Waals surface area contributed by atoms with Gasteiger partial charge in [-0.3, -0.25) is 0 Å². The van der Waals surface area contributed by atoms with Crippen LogP contribution in [0.1, 0.15) is 30.1 Å². The van der Waals surface area contributed by atoms with E-state index in [9.17, 15) is 0 Å². The van der Waals surface area contributed by atoms with Crippen LogP contribution in [-0.4, -0.2) is 9.38 Å². The molecule has 0 unspecified atom stereocenters. The Balaban J connectivity index is 2.28. The molecule has 1 aliphatic rings. The first-order chi connectivity index (χ1) is 6.90. The van der Waals surface area contributed by atoms with Gasteiger partial charge < -0.3 is 10.1 Å². The van der Waals surface area contributed by atoms with Crippen molar-refractivity contribution < 1.29 is 0 Å². The molecule has 3 heteroatoms. The maximum atomic E-state index is 5.77. The van der Waals surface area contributed by atoms with Gasteiger partial charge in [0.15, 0.2) is 0 Å². The molecule has 72 valence electrons. The fraction of sp³-hybridized carbons (Fsp3) is 0.364. The number of hydrogen-bond donors (Lipinski definition) is 1. The Morgan fingerprint density at radius 2 is 2.29 bits per heavy atom. The summed E-state index contributed by atoms with van der Waals surface area (Å²) >= 11 is 0. The van der Waals surface area contributed by atoms with Crippen molar-refractivity contribution in [2.24, 2.45) is 5.73 Å². The van der Waals surface area contributed by atoms with E-state index in [4.69, 9.17) is 5.73 Å². The van der Waals surface area contributed by atoms with Gasteiger partial charge in [-0.25, -0.2) is 4.98 Å². The molecule has 0 bridgehead atoms. The van der Waals surface area contributed by atoms with E-state index in [2.05, 4.69) is 9.38 Å². The summed E-state index contributed by atoms with van der Waals surface area (Å²) in [4.78, 5) is 4.63. The normalized spacial score (nSPS) is 16.4. The third-order valence-electron chi connectivity index (χ3n) is 2.82. The predicted molar refractivity (Wildman–Crippen MR) is 55.1 cm³/mol. The quantitative estimate of drug-likeness (QED) is 0.777. The molecular weight excluding hydrogens is 174 g/mol. The summed E-state index contributed by atoms with van der Waals surface area (Å²) in [5, 5.41) is 0. The second kappa shape index (κ2) is 2.82. The van der Waals surface area contributed by atoms with Crippen molar-refractivity contribution >= 4 is 5.65 Å². The molecule has 14 heavy (non-hydrogen) atoms. The molecule has 2 heterocycles. The van der Waals surface area contributed by atoms with Crippen LogP contribution in [0, 0.1) is 0 Å². The van der Waals surface area contributed by atoms with Gasteiger partial charge in [-0.05, 0) is 25.0 Å². The fourth-order valence-electron chi connectivity index (χ4n) is 1.95. The van der Waals surface area contributed by atoms with E-state index in [1.807, 2.05) is 24.4 Å². The maximum absolute atomic E-state index is 5.77. The molecule has 2 aromatic rings. The minimum atomic E-state index is 0.580.